The van der Waals surface area contributed by atoms with Crippen molar-refractivity contribution in [2.24, 2.45) is 0 Å². The van der Waals surface area contributed by atoms with Crippen molar-refractivity contribution < 1.29 is 4.74 Å². The monoisotopic (exact) mass is 228 g/mol. The van der Waals surface area contributed by atoms with Crippen LogP contribution in [0.25, 0.3) is 11.3 Å². The molecule has 88 valence electrons. The summed E-state index contributed by atoms with van der Waals surface area (Å²) in [5, 5.41) is 3.38. The highest BCUT2D eigenvalue weighted by Crippen LogP contribution is 2.26. The molecule has 0 aliphatic carbocycles. The smallest absolute Gasteiger partial charge is 0.119 e. The van der Waals surface area contributed by atoms with Crippen LogP contribution < -0.4 is 10.1 Å². The van der Waals surface area contributed by atoms with E-state index in [1.807, 2.05) is 12.1 Å². The van der Waals surface area contributed by atoms with Crippen molar-refractivity contribution in [3.63, 3.8) is 0 Å². The molecule has 1 aromatic heterocycles. The largest absolute Gasteiger partial charge is 0.497 e. The zero-order valence-electron chi connectivity index (χ0n) is 9.94. The number of benzene rings is 1. The molecule has 1 aromatic carbocycles. The van der Waals surface area contributed by atoms with Crippen molar-refractivity contribution in [2.75, 3.05) is 13.7 Å². The van der Waals surface area contributed by atoms with Gasteiger partial charge in [0.2, 0.25) is 0 Å². The highest BCUT2D eigenvalue weighted by molar-refractivity contribution is 5.63. The molecule has 17 heavy (non-hydrogen) atoms. The molecule has 3 heteroatoms. The molecule has 2 aromatic rings. The molecule has 0 atom stereocenters. The van der Waals surface area contributed by atoms with E-state index in [0.717, 1.165) is 25.4 Å². The van der Waals surface area contributed by atoms with Crippen molar-refractivity contribution in [1.29, 1.82) is 0 Å². The van der Waals surface area contributed by atoms with Gasteiger partial charge in [0, 0.05) is 36.6 Å². The van der Waals surface area contributed by atoms with Crippen LogP contribution in [0.15, 0.2) is 36.4 Å². The number of aromatic nitrogens is 1. The van der Waals surface area contributed by atoms with Crippen LogP contribution in [0.4, 0.5) is 0 Å². The maximum atomic E-state index is 5.28. The third kappa shape index (κ3) is 1.83. The molecule has 3 nitrogen and oxygen atoms in total. The molecule has 1 aliphatic rings. The number of nitrogens with zero attached hydrogens (tertiary/aromatic N) is 1. The predicted octanol–water partition coefficient (Wildman–Crippen LogP) is 2.27. The molecule has 0 bridgehead atoms. The van der Waals surface area contributed by atoms with Gasteiger partial charge in [-0.25, -0.2) is 0 Å². The Morgan fingerprint density at radius 3 is 3.06 bits per heavy atom. The third-order valence-corrected chi connectivity index (χ3v) is 3.25. The molecule has 0 unspecified atom stereocenters. The van der Waals surface area contributed by atoms with Crippen LogP contribution in [0.2, 0.25) is 0 Å². The Morgan fingerprint density at radius 2 is 2.18 bits per heavy atom. The Labute approximate surface area is 101 Å². The van der Waals surface area contributed by atoms with Gasteiger partial charge in [-0.3, -0.25) is 0 Å². The van der Waals surface area contributed by atoms with E-state index in [2.05, 4.69) is 34.1 Å². The van der Waals surface area contributed by atoms with E-state index in [-0.39, 0.29) is 0 Å². The summed E-state index contributed by atoms with van der Waals surface area (Å²) < 4.78 is 7.66. The van der Waals surface area contributed by atoms with Crippen molar-refractivity contribution in [2.45, 2.75) is 13.1 Å². The van der Waals surface area contributed by atoms with E-state index in [9.17, 15) is 0 Å². The lowest BCUT2D eigenvalue weighted by Crippen LogP contribution is -2.27. The zero-order chi connectivity index (χ0) is 11.7. The van der Waals surface area contributed by atoms with Gasteiger partial charge in [0.1, 0.15) is 5.75 Å². The van der Waals surface area contributed by atoms with E-state index in [1.54, 1.807) is 7.11 Å². The lowest BCUT2D eigenvalue weighted by Gasteiger charge is -2.19. The first kappa shape index (κ1) is 10.4. The first-order chi connectivity index (χ1) is 8.38. The summed E-state index contributed by atoms with van der Waals surface area (Å²) >= 11 is 0. The van der Waals surface area contributed by atoms with E-state index in [0.29, 0.717) is 0 Å². The van der Waals surface area contributed by atoms with E-state index < -0.39 is 0 Å². The standard InChI is InChI=1S/C14H16N2O/c1-17-13-4-2-3-11(9-13)14-6-5-12-10-15-7-8-16(12)14/h2-6,9,15H,7-8,10H2,1H3. The van der Waals surface area contributed by atoms with Crippen LogP contribution in [-0.4, -0.2) is 18.2 Å². The number of fused-ring (bicyclic) bond motifs is 1. The number of rotatable bonds is 2. The van der Waals surface area contributed by atoms with E-state index in [4.69, 9.17) is 4.74 Å². The minimum absolute atomic E-state index is 0.909. The van der Waals surface area contributed by atoms with Gasteiger partial charge in [-0.1, -0.05) is 12.1 Å². The Kier molecular flexibility index (Phi) is 2.61. The average Bonchev–Trinajstić information content (AvgIpc) is 2.82. The second-order valence-electron chi connectivity index (χ2n) is 4.27. The molecular formula is C14H16N2O. The molecule has 1 aliphatic heterocycles. The molecule has 0 fully saturated rings. The number of hydrogen-bond donors (Lipinski definition) is 1. The zero-order valence-corrected chi connectivity index (χ0v) is 9.94. The average molecular weight is 228 g/mol. The topological polar surface area (TPSA) is 26.2 Å². The number of nitrogens with one attached hydrogen (secondary N) is 1. The lowest BCUT2D eigenvalue weighted by atomic mass is 10.1. The summed E-state index contributed by atoms with van der Waals surface area (Å²) in [7, 11) is 1.70. The first-order valence-electron chi connectivity index (χ1n) is 5.92. The van der Waals surface area contributed by atoms with E-state index in [1.165, 1.54) is 17.0 Å². The maximum absolute atomic E-state index is 5.28. The van der Waals surface area contributed by atoms with Crippen molar-refractivity contribution in [3.8, 4) is 17.0 Å². The Balaban J connectivity index is 2.05. The van der Waals surface area contributed by atoms with Crippen molar-refractivity contribution in [3.05, 3.63) is 42.1 Å². The van der Waals surface area contributed by atoms with Gasteiger partial charge in [-0.2, -0.15) is 0 Å². The number of ether oxygens (including phenoxy) is 1. The van der Waals surface area contributed by atoms with Gasteiger partial charge in [-0.15, -0.1) is 0 Å². The van der Waals surface area contributed by atoms with Gasteiger partial charge >= 0.3 is 0 Å². The molecule has 0 radical (unpaired) electrons. The summed E-state index contributed by atoms with van der Waals surface area (Å²) in [5.41, 5.74) is 3.85. The summed E-state index contributed by atoms with van der Waals surface area (Å²) in [6, 6.07) is 12.6. The fraction of sp³-hybridized carbons (Fsp3) is 0.286. The fourth-order valence-corrected chi connectivity index (χ4v) is 2.37. The van der Waals surface area contributed by atoms with Gasteiger partial charge in [0.25, 0.3) is 0 Å². The second-order valence-corrected chi connectivity index (χ2v) is 4.27. The molecular weight excluding hydrogens is 212 g/mol. The molecule has 0 saturated carbocycles. The van der Waals surface area contributed by atoms with Gasteiger partial charge in [0.15, 0.2) is 0 Å². The molecule has 0 amide bonds. The predicted molar refractivity (Wildman–Crippen MR) is 68.1 cm³/mol. The Bertz CT molecular complexity index is 531. The van der Waals surface area contributed by atoms with Gasteiger partial charge in [0.05, 0.1) is 7.11 Å². The van der Waals surface area contributed by atoms with Crippen LogP contribution in [0, 0.1) is 0 Å². The molecule has 1 N–H and O–H groups in total. The van der Waals surface area contributed by atoms with Crippen molar-refractivity contribution in [1.82, 2.24) is 9.88 Å². The SMILES string of the molecule is COc1cccc(-c2ccc3n2CCNC3)c1. The lowest BCUT2D eigenvalue weighted by molar-refractivity contribution is 0.415. The Morgan fingerprint density at radius 1 is 1.24 bits per heavy atom. The summed E-state index contributed by atoms with van der Waals surface area (Å²) in [4.78, 5) is 0. The van der Waals surface area contributed by atoms with Crippen LogP contribution in [0.5, 0.6) is 5.75 Å². The highest BCUT2D eigenvalue weighted by atomic mass is 16.5. The quantitative estimate of drug-likeness (QED) is 0.853. The van der Waals surface area contributed by atoms with Crippen LogP contribution in [0.1, 0.15) is 5.69 Å². The Hall–Kier alpha value is -1.74. The highest BCUT2D eigenvalue weighted by Gasteiger charge is 2.13. The molecule has 2 heterocycles. The maximum Gasteiger partial charge on any atom is 0.119 e. The third-order valence-electron chi connectivity index (χ3n) is 3.25. The second kappa shape index (κ2) is 4.26. The van der Waals surface area contributed by atoms with Crippen LogP contribution in [-0.2, 0) is 13.1 Å². The van der Waals surface area contributed by atoms with Crippen LogP contribution >= 0.6 is 0 Å². The molecule has 3 rings (SSSR count). The van der Waals surface area contributed by atoms with Crippen molar-refractivity contribution >= 4 is 0 Å². The summed E-state index contributed by atoms with van der Waals surface area (Å²) in [6.07, 6.45) is 0. The fourth-order valence-electron chi connectivity index (χ4n) is 2.37. The minimum atomic E-state index is 0.909. The summed E-state index contributed by atoms with van der Waals surface area (Å²) in [5.74, 6) is 0.909. The summed E-state index contributed by atoms with van der Waals surface area (Å²) in [6.45, 7) is 3.04. The molecule has 0 saturated heterocycles. The minimum Gasteiger partial charge on any atom is -0.497 e. The first-order valence-corrected chi connectivity index (χ1v) is 5.92. The van der Waals surface area contributed by atoms with Gasteiger partial charge in [-0.05, 0) is 24.3 Å². The number of methoxy groups -OCH3 is 1. The number of hydrogen-bond acceptors (Lipinski definition) is 2. The van der Waals surface area contributed by atoms with E-state index >= 15 is 0 Å². The normalized spacial score (nSPS) is 14.4. The van der Waals surface area contributed by atoms with Crippen LogP contribution in [0.3, 0.4) is 0 Å². The molecule has 0 spiro atoms. The van der Waals surface area contributed by atoms with Gasteiger partial charge < -0.3 is 14.6 Å².